The predicted molar refractivity (Wildman–Crippen MR) is 63.0 cm³/mol. The Morgan fingerprint density at radius 1 is 1.50 bits per heavy atom. The van der Waals surface area contributed by atoms with Crippen molar-refractivity contribution < 1.29 is 14.6 Å². The third-order valence-corrected chi connectivity index (χ3v) is 2.71. The molecule has 1 rings (SSSR count). The molecule has 0 saturated carbocycles. The van der Waals surface area contributed by atoms with Crippen LogP contribution < -0.4 is 4.74 Å². The third-order valence-electron chi connectivity index (χ3n) is 2.71. The fraction of sp³-hybridized carbons (Fsp3) is 0.462. The summed E-state index contributed by atoms with van der Waals surface area (Å²) in [5, 5.41) is 8.79. The van der Waals surface area contributed by atoms with E-state index in [2.05, 4.69) is 6.92 Å². The summed E-state index contributed by atoms with van der Waals surface area (Å²) in [6.07, 6.45) is 1.07. The lowest BCUT2D eigenvalue weighted by molar-refractivity contribution is -0.137. The zero-order valence-corrected chi connectivity index (χ0v) is 9.99. The van der Waals surface area contributed by atoms with E-state index < -0.39 is 5.97 Å². The fourth-order valence-electron chi connectivity index (χ4n) is 1.76. The van der Waals surface area contributed by atoms with Crippen LogP contribution in [0, 0.1) is 0 Å². The van der Waals surface area contributed by atoms with Crippen LogP contribution in [-0.4, -0.2) is 18.2 Å². The highest BCUT2D eigenvalue weighted by molar-refractivity contribution is 5.68. The van der Waals surface area contributed by atoms with Crippen molar-refractivity contribution in [3.8, 4) is 5.75 Å². The lowest BCUT2D eigenvalue weighted by Gasteiger charge is -2.15. The van der Waals surface area contributed by atoms with Crippen molar-refractivity contribution in [2.75, 3.05) is 7.11 Å². The number of benzene rings is 1. The number of carboxylic acids is 1. The van der Waals surface area contributed by atoms with Gasteiger partial charge in [-0.1, -0.05) is 26.0 Å². The Hall–Kier alpha value is -1.51. The van der Waals surface area contributed by atoms with Crippen LogP contribution in [0.15, 0.2) is 18.2 Å². The van der Waals surface area contributed by atoms with Gasteiger partial charge in [-0.3, -0.25) is 4.79 Å². The zero-order chi connectivity index (χ0) is 12.1. The first-order chi connectivity index (χ1) is 7.58. The predicted octanol–water partition coefficient (Wildman–Crippen LogP) is 2.84. The van der Waals surface area contributed by atoms with E-state index in [9.17, 15) is 4.79 Å². The third kappa shape index (κ3) is 2.99. The SMILES string of the molecule is CCc1ccc(OC)c(C(C)CC(=O)O)c1. The summed E-state index contributed by atoms with van der Waals surface area (Å²) in [5.74, 6) is -0.0404. The maximum atomic E-state index is 10.7. The minimum Gasteiger partial charge on any atom is -0.496 e. The van der Waals surface area contributed by atoms with Gasteiger partial charge >= 0.3 is 5.97 Å². The van der Waals surface area contributed by atoms with Crippen LogP contribution in [0.25, 0.3) is 0 Å². The van der Waals surface area contributed by atoms with Crippen LogP contribution in [-0.2, 0) is 11.2 Å². The van der Waals surface area contributed by atoms with Crippen LogP contribution in [0.4, 0.5) is 0 Å². The molecule has 0 aliphatic carbocycles. The van der Waals surface area contributed by atoms with Crippen molar-refractivity contribution in [3.63, 3.8) is 0 Å². The summed E-state index contributed by atoms with van der Waals surface area (Å²) in [7, 11) is 1.61. The number of hydrogen-bond acceptors (Lipinski definition) is 2. The lowest BCUT2D eigenvalue weighted by Crippen LogP contribution is -2.05. The number of carbonyl (C=O) groups is 1. The second-order valence-electron chi connectivity index (χ2n) is 3.93. The van der Waals surface area contributed by atoms with Gasteiger partial charge in [0.1, 0.15) is 5.75 Å². The molecule has 16 heavy (non-hydrogen) atoms. The van der Waals surface area contributed by atoms with Crippen LogP contribution in [0.2, 0.25) is 0 Å². The molecular formula is C13H18O3. The van der Waals surface area contributed by atoms with Crippen LogP contribution in [0.5, 0.6) is 5.75 Å². The smallest absolute Gasteiger partial charge is 0.303 e. The Balaban J connectivity index is 3.02. The molecule has 1 aromatic carbocycles. The number of ether oxygens (including phenoxy) is 1. The van der Waals surface area contributed by atoms with E-state index in [1.54, 1.807) is 7.11 Å². The summed E-state index contributed by atoms with van der Waals surface area (Å²) in [5.41, 5.74) is 2.18. The van der Waals surface area contributed by atoms with Crippen LogP contribution >= 0.6 is 0 Å². The van der Waals surface area contributed by atoms with Crippen molar-refractivity contribution in [1.82, 2.24) is 0 Å². The normalized spacial score (nSPS) is 12.2. The number of rotatable bonds is 5. The monoisotopic (exact) mass is 222 g/mol. The van der Waals surface area contributed by atoms with Gasteiger partial charge in [-0.05, 0) is 29.5 Å². The molecule has 0 heterocycles. The maximum absolute atomic E-state index is 10.7. The van der Waals surface area contributed by atoms with Crippen molar-refractivity contribution in [2.45, 2.75) is 32.6 Å². The average molecular weight is 222 g/mol. The van der Waals surface area contributed by atoms with Gasteiger partial charge in [-0.15, -0.1) is 0 Å². The molecule has 0 spiro atoms. The lowest BCUT2D eigenvalue weighted by atomic mass is 9.94. The van der Waals surface area contributed by atoms with Crippen LogP contribution in [0.3, 0.4) is 0 Å². The molecule has 1 aromatic rings. The largest absolute Gasteiger partial charge is 0.496 e. The minimum absolute atomic E-state index is 0.0288. The highest BCUT2D eigenvalue weighted by Gasteiger charge is 2.15. The average Bonchev–Trinajstić information content (AvgIpc) is 2.27. The number of hydrogen-bond donors (Lipinski definition) is 1. The molecule has 0 saturated heterocycles. The Kier molecular flexibility index (Phi) is 4.35. The van der Waals surface area contributed by atoms with Gasteiger partial charge in [0.2, 0.25) is 0 Å². The maximum Gasteiger partial charge on any atom is 0.303 e. The van der Waals surface area contributed by atoms with Gasteiger partial charge < -0.3 is 9.84 Å². The van der Waals surface area contributed by atoms with Crippen molar-refractivity contribution in [3.05, 3.63) is 29.3 Å². The van der Waals surface area contributed by atoms with Gasteiger partial charge in [0.25, 0.3) is 0 Å². The highest BCUT2D eigenvalue weighted by Crippen LogP contribution is 2.29. The quantitative estimate of drug-likeness (QED) is 0.833. The van der Waals surface area contributed by atoms with Gasteiger partial charge in [0.05, 0.1) is 13.5 Å². The summed E-state index contributed by atoms with van der Waals surface area (Å²) < 4.78 is 5.25. The summed E-state index contributed by atoms with van der Waals surface area (Å²) >= 11 is 0. The highest BCUT2D eigenvalue weighted by atomic mass is 16.5. The molecule has 0 aromatic heterocycles. The second-order valence-corrected chi connectivity index (χ2v) is 3.93. The summed E-state index contributed by atoms with van der Waals surface area (Å²) in [4.78, 5) is 10.7. The Morgan fingerprint density at radius 3 is 2.69 bits per heavy atom. The first-order valence-electron chi connectivity index (χ1n) is 5.47. The first-order valence-corrected chi connectivity index (χ1v) is 5.47. The van der Waals surface area contributed by atoms with Crippen molar-refractivity contribution >= 4 is 5.97 Å². The number of carboxylic acid groups (broad SMARTS) is 1. The summed E-state index contributed by atoms with van der Waals surface area (Å²) in [6.45, 7) is 3.98. The number of methoxy groups -OCH3 is 1. The Bertz CT molecular complexity index is 371. The topological polar surface area (TPSA) is 46.5 Å². The summed E-state index contributed by atoms with van der Waals surface area (Å²) in [6, 6.07) is 5.95. The van der Waals surface area contributed by atoms with E-state index in [0.29, 0.717) is 0 Å². The van der Waals surface area contributed by atoms with E-state index in [1.807, 2.05) is 25.1 Å². The van der Waals surface area contributed by atoms with Gasteiger partial charge in [0.15, 0.2) is 0 Å². The van der Waals surface area contributed by atoms with E-state index >= 15 is 0 Å². The molecule has 0 bridgehead atoms. The Morgan fingerprint density at radius 2 is 2.19 bits per heavy atom. The first kappa shape index (κ1) is 12.6. The molecule has 1 atom stereocenters. The molecular weight excluding hydrogens is 204 g/mol. The van der Waals surface area contributed by atoms with Gasteiger partial charge in [-0.2, -0.15) is 0 Å². The van der Waals surface area contributed by atoms with Gasteiger partial charge in [0, 0.05) is 0 Å². The number of aryl methyl sites for hydroxylation is 1. The molecule has 88 valence electrons. The van der Waals surface area contributed by atoms with Crippen molar-refractivity contribution in [1.29, 1.82) is 0 Å². The fourth-order valence-corrected chi connectivity index (χ4v) is 1.76. The molecule has 0 aliphatic heterocycles. The van der Waals surface area contributed by atoms with E-state index in [0.717, 1.165) is 17.7 Å². The van der Waals surface area contributed by atoms with Crippen molar-refractivity contribution in [2.24, 2.45) is 0 Å². The molecule has 1 unspecified atom stereocenters. The Labute approximate surface area is 96.1 Å². The molecule has 0 amide bonds. The molecule has 0 radical (unpaired) electrons. The van der Waals surface area contributed by atoms with Gasteiger partial charge in [-0.25, -0.2) is 0 Å². The minimum atomic E-state index is -0.781. The molecule has 3 nitrogen and oxygen atoms in total. The van der Waals surface area contributed by atoms with E-state index in [4.69, 9.17) is 9.84 Å². The molecule has 0 aliphatic rings. The van der Waals surface area contributed by atoms with E-state index in [1.165, 1.54) is 5.56 Å². The molecule has 3 heteroatoms. The molecule has 0 fully saturated rings. The zero-order valence-electron chi connectivity index (χ0n) is 9.99. The van der Waals surface area contributed by atoms with Crippen LogP contribution in [0.1, 0.15) is 37.3 Å². The second kappa shape index (κ2) is 5.54. The molecule has 1 N–H and O–H groups in total. The van der Waals surface area contributed by atoms with E-state index in [-0.39, 0.29) is 12.3 Å². The number of aliphatic carboxylic acids is 1. The standard InChI is InChI=1S/C13H18O3/c1-4-10-5-6-12(16-3)11(8-10)9(2)7-13(14)15/h5-6,8-9H,4,7H2,1-3H3,(H,14,15).